The molecule has 1 atom stereocenters. The lowest BCUT2D eigenvalue weighted by atomic mass is 9.70. The number of rotatable bonds is 7. The van der Waals surface area contributed by atoms with Crippen molar-refractivity contribution >= 4 is 31.5 Å². The Balaban J connectivity index is 1.45. The maximum absolute atomic E-state index is 15.0. The van der Waals surface area contributed by atoms with Crippen molar-refractivity contribution in [1.82, 2.24) is 15.5 Å². The van der Waals surface area contributed by atoms with Crippen LogP contribution in [0.5, 0.6) is 5.75 Å². The SMILES string of the molecule is BC1(N2Cc3cc(CNC(=O)C(F)(F)c4ccc(OC(C)C)cc4C)ccc3C2=O)CCC(=O)NC1=O. The van der Waals surface area contributed by atoms with E-state index in [0.29, 0.717) is 22.4 Å². The smallest absolute Gasteiger partial charge is 0.350 e. The lowest BCUT2D eigenvalue weighted by molar-refractivity contribution is -0.147. The van der Waals surface area contributed by atoms with E-state index in [1.165, 1.54) is 30.0 Å². The van der Waals surface area contributed by atoms with Gasteiger partial charge in [-0.1, -0.05) is 12.1 Å². The Bertz CT molecular complexity index is 1300. The second-order valence-corrected chi connectivity index (χ2v) is 9.93. The van der Waals surface area contributed by atoms with Crippen molar-refractivity contribution in [3.8, 4) is 5.75 Å². The van der Waals surface area contributed by atoms with Gasteiger partial charge in [-0.2, -0.15) is 8.78 Å². The van der Waals surface area contributed by atoms with Crippen LogP contribution >= 0.6 is 0 Å². The number of aryl methyl sites for hydroxylation is 1. The van der Waals surface area contributed by atoms with Crippen molar-refractivity contribution in [2.45, 2.75) is 64.2 Å². The van der Waals surface area contributed by atoms with Crippen LogP contribution in [-0.2, 0) is 33.4 Å². The quantitative estimate of drug-likeness (QED) is 0.437. The van der Waals surface area contributed by atoms with Crippen LogP contribution in [0.1, 0.15) is 59.3 Å². The van der Waals surface area contributed by atoms with Gasteiger partial charge in [0.1, 0.15) is 13.6 Å². The number of fused-ring (bicyclic) bond motifs is 1. The van der Waals surface area contributed by atoms with Crippen LogP contribution in [0.25, 0.3) is 0 Å². The van der Waals surface area contributed by atoms with E-state index in [1.54, 1.807) is 26.0 Å². The number of alkyl halides is 2. The molecule has 2 N–H and O–H groups in total. The molecule has 11 heteroatoms. The van der Waals surface area contributed by atoms with Gasteiger partial charge in [-0.25, -0.2) is 0 Å². The molecule has 1 fully saturated rings. The summed E-state index contributed by atoms with van der Waals surface area (Å²) < 4.78 is 35.5. The monoisotopic (exact) mass is 511 g/mol. The summed E-state index contributed by atoms with van der Waals surface area (Å²) in [4.78, 5) is 50.9. The molecule has 194 valence electrons. The molecule has 1 unspecified atom stereocenters. The molecule has 2 heterocycles. The highest BCUT2D eigenvalue weighted by Crippen LogP contribution is 2.34. The van der Waals surface area contributed by atoms with Crippen LogP contribution in [0.15, 0.2) is 36.4 Å². The fourth-order valence-corrected chi connectivity index (χ4v) is 4.68. The highest BCUT2D eigenvalue weighted by molar-refractivity contribution is 6.32. The lowest BCUT2D eigenvalue weighted by Crippen LogP contribution is -2.63. The number of carbonyl (C=O) groups is 4. The van der Waals surface area contributed by atoms with Gasteiger partial charge in [-0.15, -0.1) is 0 Å². The molecule has 4 rings (SSSR count). The Morgan fingerprint density at radius 1 is 1.22 bits per heavy atom. The molecule has 1 saturated heterocycles. The molecule has 4 amide bonds. The van der Waals surface area contributed by atoms with E-state index in [9.17, 15) is 28.0 Å². The third-order valence-electron chi connectivity index (χ3n) is 6.80. The Morgan fingerprint density at radius 3 is 2.59 bits per heavy atom. The van der Waals surface area contributed by atoms with Gasteiger partial charge in [0.05, 0.1) is 11.5 Å². The molecule has 0 aromatic heterocycles. The first-order chi connectivity index (χ1) is 17.3. The van der Waals surface area contributed by atoms with Crippen LogP contribution in [0, 0.1) is 6.92 Å². The molecule has 0 bridgehead atoms. The lowest BCUT2D eigenvalue weighted by Gasteiger charge is -2.39. The number of amides is 4. The molecule has 37 heavy (non-hydrogen) atoms. The molecular weight excluding hydrogens is 483 g/mol. The Hall–Kier alpha value is -3.76. The molecule has 2 aliphatic heterocycles. The number of nitrogens with zero attached hydrogens (tertiary/aromatic N) is 1. The summed E-state index contributed by atoms with van der Waals surface area (Å²) in [5, 5.41) is 4.57. The predicted molar refractivity (Wildman–Crippen MR) is 133 cm³/mol. The van der Waals surface area contributed by atoms with Gasteiger partial charge in [0.15, 0.2) is 0 Å². The fourth-order valence-electron chi connectivity index (χ4n) is 4.68. The number of hydrogen-bond donors (Lipinski definition) is 2. The Labute approximate surface area is 214 Å². The average molecular weight is 511 g/mol. The van der Waals surface area contributed by atoms with E-state index in [1.807, 2.05) is 13.8 Å². The maximum atomic E-state index is 15.0. The van der Waals surface area contributed by atoms with E-state index in [0.717, 1.165) is 0 Å². The zero-order valence-corrected chi connectivity index (χ0v) is 21.1. The van der Waals surface area contributed by atoms with Crippen LogP contribution in [0.3, 0.4) is 0 Å². The van der Waals surface area contributed by atoms with Crippen molar-refractivity contribution in [2.75, 3.05) is 0 Å². The molecule has 0 aliphatic carbocycles. The van der Waals surface area contributed by atoms with Crippen LogP contribution in [0.2, 0.25) is 0 Å². The van der Waals surface area contributed by atoms with Crippen LogP contribution in [-0.4, -0.2) is 47.9 Å². The molecule has 2 aliphatic rings. The number of hydrogen-bond acceptors (Lipinski definition) is 5. The van der Waals surface area contributed by atoms with Crippen LogP contribution in [0.4, 0.5) is 8.78 Å². The minimum Gasteiger partial charge on any atom is -0.491 e. The molecule has 0 radical (unpaired) electrons. The largest absolute Gasteiger partial charge is 0.491 e. The second kappa shape index (κ2) is 9.61. The third-order valence-corrected chi connectivity index (χ3v) is 6.80. The average Bonchev–Trinajstić information content (AvgIpc) is 3.16. The maximum Gasteiger partial charge on any atom is 0.350 e. The van der Waals surface area contributed by atoms with E-state index >= 15 is 0 Å². The number of piperidine rings is 1. The van der Waals surface area contributed by atoms with Gasteiger partial charge in [0, 0.05) is 30.6 Å². The number of nitrogens with one attached hydrogen (secondary N) is 2. The highest BCUT2D eigenvalue weighted by atomic mass is 19.3. The molecule has 2 aromatic rings. The minimum absolute atomic E-state index is 0.115. The normalized spacial score (nSPS) is 19.6. The predicted octanol–water partition coefficient (Wildman–Crippen LogP) is 1.91. The van der Waals surface area contributed by atoms with Gasteiger partial charge in [0.2, 0.25) is 11.8 Å². The van der Waals surface area contributed by atoms with Gasteiger partial charge >= 0.3 is 5.92 Å². The summed E-state index contributed by atoms with van der Waals surface area (Å²) in [6, 6.07) is 8.87. The number of ether oxygens (including phenoxy) is 1. The molecule has 2 aromatic carbocycles. The van der Waals surface area contributed by atoms with E-state index in [-0.39, 0.29) is 49.4 Å². The number of imide groups is 1. The van der Waals surface area contributed by atoms with Crippen molar-refractivity contribution in [3.63, 3.8) is 0 Å². The summed E-state index contributed by atoms with van der Waals surface area (Å²) in [5.74, 6) is -6.01. The van der Waals surface area contributed by atoms with Gasteiger partial charge in [-0.3, -0.25) is 24.5 Å². The van der Waals surface area contributed by atoms with Crippen molar-refractivity contribution in [2.24, 2.45) is 0 Å². The molecule has 0 spiro atoms. The van der Waals surface area contributed by atoms with Crippen LogP contribution < -0.4 is 15.4 Å². The summed E-state index contributed by atoms with van der Waals surface area (Å²) >= 11 is 0. The zero-order chi connectivity index (χ0) is 27.1. The van der Waals surface area contributed by atoms with Crippen molar-refractivity contribution in [3.05, 3.63) is 64.2 Å². The number of benzene rings is 2. The summed E-state index contributed by atoms with van der Waals surface area (Å²) in [5.41, 5.74) is 0.193. The summed E-state index contributed by atoms with van der Waals surface area (Å²) in [6.45, 7) is 5.11. The first-order valence-corrected chi connectivity index (χ1v) is 12.0. The molecular formula is C26H28BF2N3O5. The van der Waals surface area contributed by atoms with E-state index < -0.39 is 28.7 Å². The summed E-state index contributed by atoms with van der Waals surface area (Å²) in [6.07, 6.45) is 0.218. The first kappa shape index (κ1) is 26.3. The highest BCUT2D eigenvalue weighted by Gasteiger charge is 2.48. The summed E-state index contributed by atoms with van der Waals surface area (Å²) in [7, 11) is 1.62. The topological polar surface area (TPSA) is 105 Å². The Kier molecular flexibility index (Phi) is 6.83. The number of halogens is 2. The standard InChI is InChI=1S/C26H28BF2N3O5/c1-14(2)37-18-5-7-20(15(3)10-18)26(28,29)24(36)30-12-16-4-6-19-17(11-16)13-32(22(19)34)25(27)9-8-21(33)31-23(25)35/h4-7,10-11,14H,8-9,12-13,27H2,1-3H3,(H,30,36)(H,31,33,35). The van der Waals surface area contributed by atoms with Crippen molar-refractivity contribution < 1.29 is 32.7 Å². The Morgan fingerprint density at radius 2 is 1.95 bits per heavy atom. The van der Waals surface area contributed by atoms with Gasteiger partial charge in [-0.05, 0) is 68.1 Å². The first-order valence-electron chi connectivity index (χ1n) is 12.0. The molecule has 0 saturated carbocycles. The zero-order valence-electron chi connectivity index (χ0n) is 21.1. The third kappa shape index (κ3) is 4.94. The van der Waals surface area contributed by atoms with Crippen molar-refractivity contribution in [1.29, 1.82) is 0 Å². The minimum atomic E-state index is -3.76. The van der Waals surface area contributed by atoms with Gasteiger partial charge < -0.3 is 15.0 Å². The second-order valence-electron chi connectivity index (χ2n) is 9.93. The fraction of sp³-hybridized carbons (Fsp3) is 0.385. The van der Waals surface area contributed by atoms with E-state index in [2.05, 4.69) is 10.6 Å². The van der Waals surface area contributed by atoms with Gasteiger partial charge in [0.25, 0.3) is 11.8 Å². The number of carbonyl (C=O) groups excluding carboxylic acids is 4. The van der Waals surface area contributed by atoms with E-state index in [4.69, 9.17) is 4.74 Å². The molecule has 8 nitrogen and oxygen atoms in total.